The molecule has 0 aliphatic carbocycles. The lowest BCUT2D eigenvalue weighted by atomic mass is 10.1. The summed E-state index contributed by atoms with van der Waals surface area (Å²) in [5.41, 5.74) is 7.73. The first kappa shape index (κ1) is 19.8. The third kappa shape index (κ3) is 4.42. The first-order valence-electron chi connectivity index (χ1n) is 9.44. The Morgan fingerprint density at radius 1 is 1.31 bits per heavy atom. The number of fused-ring (bicyclic) bond motifs is 1. The zero-order valence-electron chi connectivity index (χ0n) is 16.1. The predicted octanol–water partition coefficient (Wildman–Crippen LogP) is 3.67. The van der Waals surface area contributed by atoms with Crippen LogP contribution in [0.5, 0.6) is 0 Å². The minimum Gasteiger partial charge on any atom is -0.383 e. The highest BCUT2D eigenvalue weighted by Crippen LogP contribution is 2.22. The van der Waals surface area contributed by atoms with E-state index in [0.29, 0.717) is 18.9 Å². The number of carbonyl (C=O) groups excluding carboxylic acids is 1. The third-order valence-corrected chi connectivity index (χ3v) is 6.43. The van der Waals surface area contributed by atoms with Gasteiger partial charge in [-0.05, 0) is 36.8 Å². The number of halogens is 1. The Morgan fingerprint density at radius 3 is 2.97 bits per heavy atom. The summed E-state index contributed by atoms with van der Waals surface area (Å²) >= 11 is 7.57. The average Bonchev–Trinajstić information content (AvgIpc) is 3.12. The van der Waals surface area contributed by atoms with Gasteiger partial charge in [0.2, 0.25) is 5.91 Å². The van der Waals surface area contributed by atoms with Crippen LogP contribution in [-0.2, 0) is 11.3 Å². The van der Waals surface area contributed by atoms with Crippen molar-refractivity contribution in [3.63, 3.8) is 0 Å². The van der Waals surface area contributed by atoms with Gasteiger partial charge in [-0.25, -0.2) is 9.97 Å². The van der Waals surface area contributed by atoms with Crippen LogP contribution in [0, 0.1) is 0 Å². The van der Waals surface area contributed by atoms with Crippen molar-refractivity contribution < 1.29 is 4.79 Å². The van der Waals surface area contributed by atoms with Gasteiger partial charge in [0.05, 0.1) is 16.6 Å². The topological polar surface area (TPSA) is 75.3 Å². The van der Waals surface area contributed by atoms with Crippen LogP contribution in [-0.4, -0.2) is 51.4 Å². The number of thiophene rings is 1. The molecule has 4 rings (SSSR count). The minimum absolute atomic E-state index is 0.145. The highest BCUT2D eigenvalue weighted by molar-refractivity contribution is 7.11. The predicted molar refractivity (Wildman–Crippen MR) is 119 cm³/mol. The number of piperazine rings is 1. The number of benzene rings is 1. The van der Waals surface area contributed by atoms with Crippen LogP contribution >= 0.6 is 22.9 Å². The molecule has 0 radical (unpaired) electrons. The second-order valence-corrected chi connectivity index (χ2v) is 8.49. The summed E-state index contributed by atoms with van der Waals surface area (Å²) in [6.45, 7) is 4.82. The fraction of sp³-hybridized carbons (Fsp3) is 0.286. The Kier molecular flexibility index (Phi) is 5.80. The monoisotopic (exact) mass is 427 g/mol. The molecule has 1 fully saturated rings. The molecule has 0 spiro atoms. The molecule has 3 heterocycles. The molecule has 1 amide bonds. The van der Waals surface area contributed by atoms with E-state index in [1.165, 1.54) is 6.33 Å². The maximum absolute atomic E-state index is 12.9. The first-order chi connectivity index (χ1) is 14.0. The molecule has 1 unspecified atom stereocenters. The Morgan fingerprint density at radius 2 is 2.17 bits per heavy atom. The van der Waals surface area contributed by atoms with Crippen molar-refractivity contribution in [1.82, 2.24) is 19.8 Å². The summed E-state index contributed by atoms with van der Waals surface area (Å²) in [7, 11) is 0. The number of nitrogens with two attached hydrogens (primary N) is 1. The molecule has 1 saturated heterocycles. The number of anilines is 1. The normalized spacial score (nSPS) is 18.2. The van der Waals surface area contributed by atoms with E-state index in [-0.39, 0.29) is 11.9 Å². The van der Waals surface area contributed by atoms with Crippen molar-refractivity contribution >= 4 is 51.6 Å². The third-order valence-electron chi connectivity index (χ3n) is 5.19. The fourth-order valence-corrected chi connectivity index (χ4v) is 4.54. The molecule has 2 aromatic heterocycles. The van der Waals surface area contributed by atoms with E-state index in [4.69, 9.17) is 17.3 Å². The standard InChI is InChI=1S/C21H22ClN5OS/c1-14-21(28)27(8-7-26(14)6-2-3-17-10-16(22)12-29-17)11-15-4-5-18-19(9-15)24-13-25-20(18)23/h2-5,9-10,12-14H,6-8,11H2,1H3,(H2,23,24,25)/b3-2+. The Labute approximate surface area is 178 Å². The summed E-state index contributed by atoms with van der Waals surface area (Å²) < 4.78 is 0. The van der Waals surface area contributed by atoms with E-state index in [2.05, 4.69) is 27.0 Å². The molecule has 6 nitrogen and oxygen atoms in total. The highest BCUT2D eigenvalue weighted by Gasteiger charge is 2.30. The summed E-state index contributed by atoms with van der Waals surface area (Å²) in [6, 6.07) is 7.68. The van der Waals surface area contributed by atoms with Crippen molar-refractivity contribution in [2.75, 3.05) is 25.4 Å². The molecular formula is C21H22ClN5OS. The van der Waals surface area contributed by atoms with E-state index in [1.54, 1.807) is 11.3 Å². The summed E-state index contributed by atoms with van der Waals surface area (Å²) in [6.07, 6.45) is 5.61. The zero-order valence-corrected chi connectivity index (χ0v) is 17.7. The maximum atomic E-state index is 12.9. The minimum atomic E-state index is -0.154. The van der Waals surface area contributed by atoms with Crippen LogP contribution in [0.3, 0.4) is 0 Å². The van der Waals surface area contributed by atoms with E-state index in [0.717, 1.165) is 39.5 Å². The lowest BCUT2D eigenvalue weighted by Gasteiger charge is -2.38. The van der Waals surface area contributed by atoms with E-state index in [9.17, 15) is 4.79 Å². The molecule has 150 valence electrons. The van der Waals surface area contributed by atoms with Crippen LogP contribution < -0.4 is 5.73 Å². The van der Waals surface area contributed by atoms with Gasteiger partial charge in [-0.3, -0.25) is 9.69 Å². The molecule has 1 aliphatic rings. The molecule has 29 heavy (non-hydrogen) atoms. The molecular weight excluding hydrogens is 406 g/mol. The SMILES string of the molecule is CC1C(=O)N(Cc2ccc3c(N)ncnc3c2)CCN1C/C=C/c1cc(Cl)cs1. The number of nitrogen functional groups attached to an aromatic ring is 1. The second kappa shape index (κ2) is 8.49. The molecule has 1 atom stereocenters. The van der Waals surface area contributed by atoms with Gasteiger partial charge in [0, 0.05) is 41.8 Å². The van der Waals surface area contributed by atoms with Crippen molar-refractivity contribution in [3.8, 4) is 0 Å². The van der Waals surface area contributed by atoms with E-state index >= 15 is 0 Å². The number of aromatic nitrogens is 2. The number of hydrogen-bond donors (Lipinski definition) is 1. The van der Waals surface area contributed by atoms with Gasteiger partial charge >= 0.3 is 0 Å². The number of hydrogen-bond acceptors (Lipinski definition) is 6. The van der Waals surface area contributed by atoms with Gasteiger partial charge < -0.3 is 10.6 Å². The first-order valence-corrected chi connectivity index (χ1v) is 10.7. The molecule has 8 heteroatoms. The largest absolute Gasteiger partial charge is 0.383 e. The molecule has 3 aromatic rings. The van der Waals surface area contributed by atoms with Crippen molar-refractivity contribution in [1.29, 1.82) is 0 Å². The van der Waals surface area contributed by atoms with Gasteiger partial charge in [-0.15, -0.1) is 11.3 Å². The molecule has 0 saturated carbocycles. The Bertz CT molecular complexity index is 1070. The maximum Gasteiger partial charge on any atom is 0.239 e. The summed E-state index contributed by atoms with van der Waals surface area (Å²) in [5.74, 6) is 0.615. The molecule has 0 bridgehead atoms. The number of amides is 1. The van der Waals surface area contributed by atoms with Crippen LogP contribution in [0.2, 0.25) is 5.02 Å². The van der Waals surface area contributed by atoms with Crippen molar-refractivity contribution in [2.24, 2.45) is 0 Å². The van der Waals surface area contributed by atoms with E-state index < -0.39 is 0 Å². The van der Waals surface area contributed by atoms with Crippen LogP contribution in [0.25, 0.3) is 17.0 Å². The Balaban J connectivity index is 1.39. The molecule has 2 N–H and O–H groups in total. The Hall–Kier alpha value is -2.48. The fourth-order valence-electron chi connectivity index (χ4n) is 3.54. The number of rotatable bonds is 5. The number of nitrogens with zero attached hydrogens (tertiary/aromatic N) is 4. The molecule has 1 aromatic carbocycles. The lowest BCUT2D eigenvalue weighted by molar-refractivity contribution is -0.141. The zero-order chi connectivity index (χ0) is 20.4. The van der Waals surface area contributed by atoms with Crippen molar-refractivity contribution in [3.05, 3.63) is 57.5 Å². The van der Waals surface area contributed by atoms with Gasteiger partial charge in [0.25, 0.3) is 0 Å². The lowest BCUT2D eigenvalue weighted by Crippen LogP contribution is -2.55. The smallest absolute Gasteiger partial charge is 0.239 e. The average molecular weight is 428 g/mol. The van der Waals surface area contributed by atoms with Crippen LogP contribution in [0.4, 0.5) is 5.82 Å². The van der Waals surface area contributed by atoms with Crippen molar-refractivity contribution in [2.45, 2.75) is 19.5 Å². The highest BCUT2D eigenvalue weighted by atomic mass is 35.5. The van der Waals surface area contributed by atoms with Crippen LogP contribution in [0.1, 0.15) is 17.4 Å². The van der Waals surface area contributed by atoms with Crippen LogP contribution in [0.15, 0.2) is 42.0 Å². The summed E-state index contributed by atoms with van der Waals surface area (Å²) in [5, 5.41) is 3.51. The quantitative estimate of drug-likeness (QED) is 0.672. The van der Waals surface area contributed by atoms with Gasteiger partial charge in [-0.2, -0.15) is 0 Å². The van der Waals surface area contributed by atoms with E-state index in [1.807, 2.05) is 41.5 Å². The second-order valence-electron chi connectivity index (χ2n) is 7.11. The summed E-state index contributed by atoms with van der Waals surface area (Å²) in [4.78, 5) is 26.4. The van der Waals surface area contributed by atoms with Gasteiger partial charge in [0.1, 0.15) is 12.1 Å². The van der Waals surface area contributed by atoms with Gasteiger partial charge in [0.15, 0.2) is 0 Å². The molecule has 1 aliphatic heterocycles. The van der Waals surface area contributed by atoms with Gasteiger partial charge in [-0.1, -0.05) is 23.7 Å². The number of carbonyl (C=O) groups is 1.